The molecule has 1 aliphatic carbocycles. The van der Waals surface area contributed by atoms with Gasteiger partial charge in [-0.05, 0) is 25.0 Å². The van der Waals surface area contributed by atoms with Crippen molar-refractivity contribution < 1.29 is 14.3 Å². The van der Waals surface area contributed by atoms with Gasteiger partial charge in [-0.25, -0.2) is 0 Å². The average molecular weight is 222 g/mol. The number of furan rings is 1. The van der Waals surface area contributed by atoms with Crippen molar-refractivity contribution in [2.45, 2.75) is 44.9 Å². The first-order valence-corrected chi connectivity index (χ1v) is 5.98. The molecule has 1 unspecified atom stereocenters. The zero-order valence-electron chi connectivity index (χ0n) is 9.61. The quantitative estimate of drug-likeness (QED) is 0.851. The van der Waals surface area contributed by atoms with Crippen LogP contribution in [-0.4, -0.2) is 11.1 Å². The summed E-state index contributed by atoms with van der Waals surface area (Å²) in [6, 6.07) is 3.94. The third-order valence-electron chi connectivity index (χ3n) is 3.37. The van der Waals surface area contributed by atoms with Crippen LogP contribution >= 0.6 is 0 Å². The van der Waals surface area contributed by atoms with Crippen LogP contribution in [0.15, 0.2) is 16.5 Å². The maximum absolute atomic E-state index is 10.7. The molecule has 1 N–H and O–H groups in total. The van der Waals surface area contributed by atoms with Crippen LogP contribution in [0.3, 0.4) is 0 Å². The van der Waals surface area contributed by atoms with Crippen LogP contribution in [0.4, 0.5) is 0 Å². The fourth-order valence-corrected chi connectivity index (χ4v) is 2.32. The molecule has 0 radical (unpaired) electrons. The lowest BCUT2D eigenvalue weighted by Gasteiger charge is -2.05. The summed E-state index contributed by atoms with van der Waals surface area (Å²) in [7, 11) is 0. The lowest BCUT2D eigenvalue weighted by molar-refractivity contribution is -0.141. The SMILES string of the molecule is CC(Cc1ccc(C2CCCC2)o1)C(=O)O. The molecule has 1 saturated carbocycles. The highest BCUT2D eigenvalue weighted by atomic mass is 16.4. The molecule has 0 aromatic carbocycles. The first-order chi connectivity index (χ1) is 7.66. The molecule has 88 valence electrons. The molecule has 0 aliphatic heterocycles. The second-order valence-electron chi connectivity index (χ2n) is 4.73. The minimum atomic E-state index is -0.765. The van der Waals surface area contributed by atoms with E-state index in [1.165, 1.54) is 25.7 Å². The fraction of sp³-hybridized carbons (Fsp3) is 0.615. The van der Waals surface area contributed by atoms with Crippen molar-refractivity contribution in [3.8, 4) is 0 Å². The summed E-state index contributed by atoms with van der Waals surface area (Å²) in [5.74, 6) is 1.28. The van der Waals surface area contributed by atoms with E-state index in [0.717, 1.165) is 11.5 Å². The molecule has 0 spiro atoms. The number of rotatable bonds is 4. The van der Waals surface area contributed by atoms with Crippen LogP contribution in [0.5, 0.6) is 0 Å². The van der Waals surface area contributed by atoms with Gasteiger partial charge in [0.2, 0.25) is 0 Å². The molecule has 3 nitrogen and oxygen atoms in total. The fourth-order valence-electron chi connectivity index (χ4n) is 2.32. The van der Waals surface area contributed by atoms with E-state index in [4.69, 9.17) is 9.52 Å². The van der Waals surface area contributed by atoms with Crippen LogP contribution in [0.2, 0.25) is 0 Å². The lowest BCUT2D eigenvalue weighted by Crippen LogP contribution is -2.11. The Hall–Kier alpha value is -1.25. The summed E-state index contributed by atoms with van der Waals surface area (Å²) in [6.45, 7) is 1.71. The third kappa shape index (κ3) is 2.46. The van der Waals surface area contributed by atoms with Crippen LogP contribution in [0.25, 0.3) is 0 Å². The smallest absolute Gasteiger partial charge is 0.306 e. The van der Waals surface area contributed by atoms with E-state index in [1.807, 2.05) is 12.1 Å². The number of carboxylic acids is 1. The Bertz CT molecular complexity index is 361. The van der Waals surface area contributed by atoms with Gasteiger partial charge in [0.1, 0.15) is 11.5 Å². The van der Waals surface area contributed by atoms with Gasteiger partial charge < -0.3 is 9.52 Å². The molecule has 1 atom stereocenters. The monoisotopic (exact) mass is 222 g/mol. The van der Waals surface area contributed by atoms with E-state index in [2.05, 4.69) is 0 Å². The van der Waals surface area contributed by atoms with Crippen molar-refractivity contribution in [2.75, 3.05) is 0 Å². The van der Waals surface area contributed by atoms with Gasteiger partial charge >= 0.3 is 5.97 Å². The Labute approximate surface area is 95.5 Å². The molecule has 3 heteroatoms. The summed E-state index contributed by atoms with van der Waals surface area (Å²) >= 11 is 0. The zero-order valence-corrected chi connectivity index (χ0v) is 9.61. The van der Waals surface area contributed by atoms with Crippen LogP contribution < -0.4 is 0 Å². The molecule has 1 fully saturated rings. The van der Waals surface area contributed by atoms with Gasteiger partial charge in [0.25, 0.3) is 0 Å². The van der Waals surface area contributed by atoms with Gasteiger partial charge in [-0.15, -0.1) is 0 Å². The Kier molecular flexibility index (Phi) is 3.32. The van der Waals surface area contributed by atoms with Crippen LogP contribution in [0.1, 0.15) is 50.0 Å². The van der Waals surface area contributed by atoms with Gasteiger partial charge in [-0.2, -0.15) is 0 Å². The summed E-state index contributed by atoms with van der Waals surface area (Å²) in [6.07, 6.45) is 5.48. The number of aliphatic carboxylic acids is 1. The van der Waals surface area contributed by atoms with E-state index >= 15 is 0 Å². The topological polar surface area (TPSA) is 50.4 Å². The van der Waals surface area contributed by atoms with E-state index in [1.54, 1.807) is 6.92 Å². The average Bonchev–Trinajstić information content (AvgIpc) is 2.85. The van der Waals surface area contributed by atoms with Gasteiger partial charge in [-0.1, -0.05) is 19.8 Å². The second-order valence-corrected chi connectivity index (χ2v) is 4.73. The van der Waals surface area contributed by atoms with Crippen molar-refractivity contribution >= 4 is 5.97 Å². The molecular weight excluding hydrogens is 204 g/mol. The second kappa shape index (κ2) is 4.73. The lowest BCUT2D eigenvalue weighted by atomic mass is 10.1. The van der Waals surface area contributed by atoms with Crippen molar-refractivity contribution in [1.29, 1.82) is 0 Å². The number of carbonyl (C=O) groups is 1. The highest BCUT2D eigenvalue weighted by Crippen LogP contribution is 2.35. The molecular formula is C13H18O3. The number of carboxylic acid groups (broad SMARTS) is 1. The van der Waals surface area contributed by atoms with Crippen molar-refractivity contribution in [2.24, 2.45) is 5.92 Å². The summed E-state index contributed by atoms with van der Waals surface area (Å²) in [5.41, 5.74) is 0. The number of hydrogen-bond acceptors (Lipinski definition) is 2. The number of hydrogen-bond donors (Lipinski definition) is 1. The minimum Gasteiger partial charge on any atom is -0.481 e. The zero-order chi connectivity index (χ0) is 11.5. The largest absolute Gasteiger partial charge is 0.481 e. The van der Waals surface area contributed by atoms with Gasteiger partial charge in [-0.3, -0.25) is 4.79 Å². The molecule has 0 bridgehead atoms. The Morgan fingerprint density at radius 1 is 1.50 bits per heavy atom. The Balaban J connectivity index is 1.99. The van der Waals surface area contributed by atoms with E-state index in [9.17, 15) is 4.79 Å². The normalized spacial score (nSPS) is 18.8. The molecule has 0 amide bonds. The van der Waals surface area contributed by atoms with Crippen molar-refractivity contribution in [3.63, 3.8) is 0 Å². The van der Waals surface area contributed by atoms with Crippen molar-refractivity contribution in [1.82, 2.24) is 0 Å². The highest BCUT2D eigenvalue weighted by Gasteiger charge is 2.21. The molecule has 0 saturated heterocycles. The molecule has 1 aromatic heterocycles. The minimum absolute atomic E-state index is 0.373. The third-order valence-corrected chi connectivity index (χ3v) is 3.37. The predicted octanol–water partition coefficient (Wildman–Crippen LogP) is 3.20. The molecule has 1 aliphatic rings. The van der Waals surface area contributed by atoms with E-state index < -0.39 is 5.97 Å². The first-order valence-electron chi connectivity index (χ1n) is 5.98. The van der Waals surface area contributed by atoms with Crippen LogP contribution in [0, 0.1) is 5.92 Å². The maximum atomic E-state index is 10.7. The molecule has 16 heavy (non-hydrogen) atoms. The summed E-state index contributed by atoms with van der Waals surface area (Å²) in [5, 5.41) is 8.82. The van der Waals surface area contributed by atoms with E-state index in [0.29, 0.717) is 12.3 Å². The standard InChI is InChI=1S/C13H18O3/c1-9(13(14)15)8-11-6-7-12(16-11)10-4-2-3-5-10/h6-7,9-10H,2-5,8H2,1H3,(H,14,15). The Morgan fingerprint density at radius 2 is 2.19 bits per heavy atom. The molecule has 1 aromatic rings. The summed E-state index contributed by atoms with van der Waals surface area (Å²) < 4.78 is 5.73. The van der Waals surface area contributed by atoms with Gasteiger partial charge in [0.05, 0.1) is 5.92 Å². The van der Waals surface area contributed by atoms with Crippen LogP contribution in [-0.2, 0) is 11.2 Å². The highest BCUT2D eigenvalue weighted by molar-refractivity contribution is 5.69. The summed E-state index contributed by atoms with van der Waals surface area (Å²) in [4.78, 5) is 10.7. The molecule has 1 heterocycles. The van der Waals surface area contributed by atoms with Gasteiger partial charge in [0, 0.05) is 12.3 Å². The van der Waals surface area contributed by atoms with E-state index in [-0.39, 0.29) is 5.92 Å². The molecule has 2 rings (SSSR count). The van der Waals surface area contributed by atoms with Gasteiger partial charge in [0.15, 0.2) is 0 Å². The predicted molar refractivity (Wildman–Crippen MR) is 60.4 cm³/mol. The Morgan fingerprint density at radius 3 is 2.81 bits per heavy atom. The first kappa shape index (κ1) is 11.2. The maximum Gasteiger partial charge on any atom is 0.306 e. The van der Waals surface area contributed by atoms with Crippen molar-refractivity contribution in [3.05, 3.63) is 23.7 Å².